The van der Waals surface area contributed by atoms with Crippen LogP contribution in [-0.2, 0) is 12.0 Å². The van der Waals surface area contributed by atoms with Crippen LogP contribution < -0.4 is 14.8 Å². The van der Waals surface area contributed by atoms with Crippen LogP contribution in [0.15, 0.2) is 53.1 Å². The molecule has 0 atom stereocenters. The SMILES string of the molecule is COc1ccc(OC)c(NCc2coc(-c3ccc(C(C)(C)C)cc3)n2)c1. The van der Waals surface area contributed by atoms with E-state index in [1.807, 2.05) is 18.2 Å². The van der Waals surface area contributed by atoms with Crippen molar-refractivity contribution in [1.29, 1.82) is 0 Å². The highest BCUT2D eigenvalue weighted by molar-refractivity contribution is 5.60. The number of methoxy groups -OCH3 is 2. The van der Waals surface area contributed by atoms with Crippen LogP contribution in [0.4, 0.5) is 5.69 Å². The minimum absolute atomic E-state index is 0.125. The van der Waals surface area contributed by atoms with E-state index in [0.29, 0.717) is 12.4 Å². The van der Waals surface area contributed by atoms with Crippen molar-refractivity contribution in [2.75, 3.05) is 19.5 Å². The molecule has 0 fully saturated rings. The zero-order valence-corrected chi connectivity index (χ0v) is 16.5. The molecule has 0 spiro atoms. The Morgan fingerprint density at radius 3 is 2.37 bits per heavy atom. The standard InChI is InChI=1S/C22H26N2O3/c1-22(2,3)16-8-6-15(7-9-16)21-24-17(14-27-21)13-23-19-12-18(25-4)10-11-20(19)26-5/h6-12,14,23H,13H2,1-5H3. The van der Waals surface area contributed by atoms with E-state index in [9.17, 15) is 0 Å². The second kappa shape index (κ2) is 7.74. The average molecular weight is 366 g/mol. The van der Waals surface area contributed by atoms with Crippen LogP contribution >= 0.6 is 0 Å². The van der Waals surface area contributed by atoms with Gasteiger partial charge in [0.1, 0.15) is 17.8 Å². The van der Waals surface area contributed by atoms with E-state index < -0.39 is 0 Å². The first-order chi connectivity index (χ1) is 12.9. The molecule has 5 heteroatoms. The molecular formula is C22H26N2O3. The summed E-state index contributed by atoms with van der Waals surface area (Å²) in [5, 5.41) is 3.32. The van der Waals surface area contributed by atoms with Crippen LogP contribution in [0.25, 0.3) is 11.5 Å². The van der Waals surface area contributed by atoms with Gasteiger partial charge in [0.25, 0.3) is 0 Å². The van der Waals surface area contributed by atoms with Crippen molar-refractivity contribution in [2.45, 2.75) is 32.7 Å². The summed E-state index contributed by atoms with van der Waals surface area (Å²) in [6.07, 6.45) is 1.67. The molecule has 1 heterocycles. The highest BCUT2D eigenvalue weighted by Gasteiger charge is 2.14. The molecule has 0 amide bonds. The summed E-state index contributed by atoms with van der Waals surface area (Å²) >= 11 is 0. The van der Waals surface area contributed by atoms with Crippen LogP contribution in [0.1, 0.15) is 32.0 Å². The molecule has 0 aliphatic heterocycles. The molecule has 0 aliphatic rings. The first-order valence-electron chi connectivity index (χ1n) is 8.92. The maximum atomic E-state index is 5.66. The van der Waals surface area contributed by atoms with Gasteiger partial charge in [0.2, 0.25) is 5.89 Å². The number of hydrogen-bond donors (Lipinski definition) is 1. The van der Waals surface area contributed by atoms with Crippen molar-refractivity contribution >= 4 is 5.69 Å². The predicted molar refractivity (Wildman–Crippen MR) is 108 cm³/mol. The molecule has 0 saturated heterocycles. The summed E-state index contributed by atoms with van der Waals surface area (Å²) in [6, 6.07) is 14.0. The number of oxazole rings is 1. The number of nitrogens with one attached hydrogen (secondary N) is 1. The van der Waals surface area contributed by atoms with Crippen molar-refractivity contribution in [2.24, 2.45) is 0 Å². The van der Waals surface area contributed by atoms with E-state index in [4.69, 9.17) is 13.9 Å². The van der Waals surface area contributed by atoms with Crippen LogP contribution in [0.3, 0.4) is 0 Å². The molecule has 2 aromatic carbocycles. The van der Waals surface area contributed by atoms with E-state index in [-0.39, 0.29) is 5.41 Å². The number of anilines is 1. The van der Waals surface area contributed by atoms with Crippen LogP contribution in [0, 0.1) is 0 Å². The normalized spacial score (nSPS) is 11.3. The molecule has 0 saturated carbocycles. The Kier molecular flexibility index (Phi) is 5.40. The van der Waals surface area contributed by atoms with Crippen molar-refractivity contribution in [3.63, 3.8) is 0 Å². The van der Waals surface area contributed by atoms with Gasteiger partial charge in [-0.1, -0.05) is 32.9 Å². The fourth-order valence-electron chi connectivity index (χ4n) is 2.77. The highest BCUT2D eigenvalue weighted by Crippen LogP contribution is 2.30. The summed E-state index contributed by atoms with van der Waals surface area (Å²) in [5.74, 6) is 2.13. The minimum atomic E-state index is 0.125. The van der Waals surface area contributed by atoms with E-state index in [1.165, 1.54) is 5.56 Å². The van der Waals surface area contributed by atoms with E-state index in [0.717, 1.165) is 28.4 Å². The highest BCUT2D eigenvalue weighted by atomic mass is 16.5. The van der Waals surface area contributed by atoms with E-state index >= 15 is 0 Å². The predicted octanol–water partition coefficient (Wildman–Crippen LogP) is 5.27. The number of ether oxygens (including phenoxy) is 2. The van der Waals surface area contributed by atoms with Gasteiger partial charge in [-0.3, -0.25) is 0 Å². The fraction of sp³-hybridized carbons (Fsp3) is 0.318. The quantitative estimate of drug-likeness (QED) is 0.644. The summed E-state index contributed by atoms with van der Waals surface area (Å²) < 4.78 is 16.3. The first-order valence-corrected chi connectivity index (χ1v) is 8.92. The lowest BCUT2D eigenvalue weighted by Gasteiger charge is -2.18. The molecule has 3 aromatic rings. The van der Waals surface area contributed by atoms with Gasteiger partial charge in [-0.15, -0.1) is 0 Å². The molecular weight excluding hydrogens is 340 g/mol. The summed E-state index contributed by atoms with van der Waals surface area (Å²) in [5.41, 5.74) is 4.03. The third-order valence-electron chi connectivity index (χ3n) is 4.42. The Morgan fingerprint density at radius 1 is 1.00 bits per heavy atom. The van der Waals surface area contributed by atoms with Gasteiger partial charge < -0.3 is 19.2 Å². The molecule has 0 aliphatic carbocycles. The van der Waals surface area contributed by atoms with Gasteiger partial charge in [-0.25, -0.2) is 4.98 Å². The Hall–Kier alpha value is -2.95. The Bertz CT molecular complexity index is 893. The second-order valence-corrected chi connectivity index (χ2v) is 7.39. The molecule has 0 radical (unpaired) electrons. The third kappa shape index (κ3) is 4.42. The summed E-state index contributed by atoms with van der Waals surface area (Å²) in [7, 11) is 3.28. The van der Waals surface area contributed by atoms with Crippen molar-refractivity contribution in [3.05, 3.63) is 60.0 Å². The average Bonchev–Trinajstić information content (AvgIpc) is 3.14. The van der Waals surface area contributed by atoms with Crippen LogP contribution in [0.5, 0.6) is 11.5 Å². The van der Waals surface area contributed by atoms with Crippen LogP contribution in [0.2, 0.25) is 0 Å². The molecule has 1 aromatic heterocycles. The number of benzene rings is 2. The van der Waals surface area contributed by atoms with Crippen molar-refractivity contribution < 1.29 is 13.9 Å². The maximum absolute atomic E-state index is 5.66. The minimum Gasteiger partial charge on any atom is -0.497 e. The molecule has 0 unspecified atom stereocenters. The van der Waals surface area contributed by atoms with Crippen molar-refractivity contribution in [1.82, 2.24) is 4.98 Å². The largest absolute Gasteiger partial charge is 0.497 e. The molecule has 0 bridgehead atoms. The Balaban J connectivity index is 1.72. The topological polar surface area (TPSA) is 56.5 Å². The number of nitrogens with zero attached hydrogens (tertiary/aromatic N) is 1. The lowest BCUT2D eigenvalue weighted by atomic mass is 9.87. The lowest BCUT2D eigenvalue weighted by molar-refractivity contribution is 0.404. The monoisotopic (exact) mass is 366 g/mol. The second-order valence-electron chi connectivity index (χ2n) is 7.39. The number of aromatic nitrogens is 1. The van der Waals surface area contributed by atoms with Gasteiger partial charge in [0.05, 0.1) is 32.1 Å². The van der Waals surface area contributed by atoms with E-state index in [2.05, 4.69) is 55.3 Å². The third-order valence-corrected chi connectivity index (χ3v) is 4.42. The molecule has 1 N–H and O–H groups in total. The van der Waals surface area contributed by atoms with Gasteiger partial charge >= 0.3 is 0 Å². The fourth-order valence-corrected chi connectivity index (χ4v) is 2.77. The Morgan fingerprint density at radius 2 is 1.74 bits per heavy atom. The number of hydrogen-bond acceptors (Lipinski definition) is 5. The Labute approximate surface area is 160 Å². The lowest BCUT2D eigenvalue weighted by Crippen LogP contribution is -2.10. The number of rotatable bonds is 6. The molecule has 5 nitrogen and oxygen atoms in total. The van der Waals surface area contributed by atoms with Gasteiger partial charge in [0, 0.05) is 11.6 Å². The van der Waals surface area contributed by atoms with Gasteiger partial charge in [-0.05, 0) is 35.2 Å². The van der Waals surface area contributed by atoms with Gasteiger partial charge in [0.15, 0.2) is 0 Å². The summed E-state index contributed by atoms with van der Waals surface area (Å²) in [6.45, 7) is 7.12. The summed E-state index contributed by atoms with van der Waals surface area (Å²) in [4.78, 5) is 4.58. The molecule has 27 heavy (non-hydrogen) atoms. The zero-order valence-electron chi connectivity index (χ0n) is 16.5. The molecule has 142 valence electrons. The van der Waals surface area contributed by atoms with E-state index in [1.54, 1.807) is 20.5 Å². The van der Waals surface area contributed by atoms with Gasteiger partial charge in [-0.2, -0.15) is 0 Å². The smallest absolute Gasteiger partial charge is 0.226 e. The molecule has 3 rings (SSSR count). The maximum Gasteiger partial charge on any atom is 0.226 e. The zero-order chi connectivity index (χ0) is 19.4. The first kappa shape index (κ1) is 18.8. The van der Waals surface area contributed by atoms with Crippen molar-refractivity contribution in [3.8, 4) is 23.0 Å². The van der Waals surface area contributed by atoms with Crippen LogP contribution in [-0.4, -0.2) is 19.2 Å².